The number of hydrogen-bond acceptors (Lipinski definition) is 12. The van der Waals surface area contributed by atoms with Gasteiger partial charge in [0.2, 0.25) is 5.95 Å². The second-order valence-corrected chi connectivity index (χ2v) is 18.2. The molecule has 2 unspecified atom stereocenters. The molecule has 0 bridgehead atoms. The number of rotatable bonds is 13. The summed E-state index contributed by atoms with van der Waals surface area (Å²) in [6.07, 6.45) is 0.739. The van der Waals surface area contributed by atoms with Crippen LogP contribution in [0, 0.1) is 0 Å². The first kappa shape index (κ1) is 40.0. The largest absolute Gasteiger partial charge is 0.501 e. The third-order valence-corrected chi connectivity index (χ3v) is 14.0. The molecule has 3 aliphatic heterocycles. The smallest absolute Gasteiger partial charge is 0.465 e. The van der Waals surface area contributed by atoms with Crippen molar-refractivity contribution in [3.63, 3.8) is 0 Å². The van der Waals surface area contributed by atoms with Crippen molar-refractivity contribution in [2.75, 3.05) is 61.7 Å². The molecule has 21 heteroatoms. The van der Waals surface area contributed by atoms with Gasteiger partial charge in [-0.2, -0.15) is 13.2 Å². The highest BCUT2D eigenvalue weighted by atomic mass is 32.2. The third kappa shape index (κ3) is 9.24. The SMILES string of the molecule is CC1CC(N2CCn3c(nnc3NS(=O)(=O)c3ccc(N[C@H](CCN4CCOCC4)CSc4ccccc4)c(S(=O)(=O)C(F)(F)F)c3)C2)CCN1C(=O)O. The molecule has 1 amide bonds. The predicted octanol–water partition coefficient (Wildman–Crippen LogP) is 4.01. The van der Waals surface area contributed by atoms with Crippen LogP contribution in [0.15, 0.2) is 63.2 Å². The molecule has 4 heterocycles. The number of carbonyl (C=O) groups is 1. The van der Waals surface area contributed by atoms with Crippen LogP contribution in [-0.2, 0) is 37.7 Å². The van der Waals surface area contributed by atoms with Crippen molar-refractivity contribution in [2.45, 2.75) is 77.6 Å². The Bertz CT molecular complexity index is 2000. The number of amides is 1. The fourth-order valence-corrected chi connectivity index (χ4v) is 9.98. The molecule has 3 aliphatic rings. The molecule has 0 spiro atoms. The number of ether oxygens (including phenoxy) is 1. The van der Waals surface area contributed by atoms with Crippen molar-refractivity contribution < 1.29 is 44.6 Å². The number of sulfone groups is 1. The molecule has 54 heavy (non-hydrogen) atoms. The Kier molecular flexibility index (Phi) is 12.3. The molecular weight excluding hydrogens is 774 g/mol. The van der Waals surface area contributed by atoms with Gasteiger partial charge in [-0.1, -0.05) is 18.2 Å². The van der Waals surface area contributed by atoms with E-state index in [1.807, 2.05) is 37.3 Å². The zero-order valence-corrected chi connectivity index (χ0v) is 31.9. The van der Waals surface area contributed by atoms with Crippen LogP contribution in [0.4, 0.5) is 29.6 Å². The molecule has 0 radical (unpaired) electrons. The van der Waals surface area contributed by atoms with Gasteiger partial charge in [-0.25, -0.2) is 26.4 Å². The average Bonchev–Trinajstić information content (AvgIpc) is 3.53. The number of piperidine rings is 1. The van der Waals surface area contributed by atoms with Crippen LogP contribution < -0.4 is 10.0 Å². The van der Waals surface area contributed by atoms with E-state index in [4.69, 9.17) is 4.74 Å². The molecule has 2 saturated heterocycles. The second kappa shape index (κ2) is 16.6. The third-order valence-electron chi connectivity index (χ3n) is 9.93. The highest BCUT2D eigenvalue weighted by Crippen LogP contribution is 2.37. The fourth-order valence-electron chi connectivity index (χ4n) is 6.94. The van der Waals surface area contributed by atoms with Crippen molar-refractivity contribution in [3.05, 3.63) is 54.4 Å². The molecule has 2 aromatic carbocycles. The molecule has 3 N–H and O–H groups in total. The van der Waals surface area contributed by atoms with Gasteiger partial charge in [-0.05, 0) is 56.5 Å². The number of carboxylic acid groups (broad SMARTS) is 1. The number of alkyl halides is 3. The second-order valence-electron chi connectivity index (χ2n) is 13.5. The van der Waals surface area contributed by atoms with Crippen molar-refractivity contribution in [1.29, 1.82) is 0 Å². The molecule has 2 fully saturated rings. The lowest BCUT2D eigenvalue weighted by Gasteiger charge is -2.42. The first-order chi connectivity index (χ1) is 25.6. The Balaban J connectivity index is 1.22. The van der Waals surface area contributed by atoms with E-state index in [0.29, 0.717) is 89.4 Å². The number of nitrogens with one attached hydrogen (secondary N) is 2. The summed E-state index contributed by atoms with van der Waals surface area (Å²) in [6, 6.07) is 11.4. The van der Waals surface area contributed by atoms with Gasteiger partial charge in [0.1, 0.15) is 10.7 Å². The molecule has 6 rings (SSSR count). The van der Waals surface area contributed by atoms with E-state index in [1.165, 1.54) is 16.7 Å². The van der Waals surface area contributed by atoms with E-state index in [-0.39, 0.29) is 30.3 Å². The van der Waals surface area contributed by atoms with Crippen molar-refractivity contribution >= 4 is 49.4 Å². The number of benzene rings is 2. The van der Waals surface area contributed by atoms with E-state index < -0.39 is 47.3 Å². The molecule has 0 aliphatic carbocycles. The van der Waals surface area contributed by atoms with E-state index in [2.05, 4.69) is 30.0 Å². The van der Waals surface area contributed by atoms with Gasteiger partial charge in [-0.3, -0.25) is 14.4 Å². The monoisotopic (exact) mass is 816 g/mol. The number of hydrogen-bond donors (Lipinski definition) is 3. The summed E-state index contributed by atoms with van der Waals surface area (Å²) < 4.78 is 105. The van der Waals surface area contributed by atoms with Crippen LogP contribution in [0.25, 0.3) is 0 Å². The van der Waals surface area contributed by atoms with Crippen LogP contribution in [0.5, 0.6) is 0 Å². The molecule has 3 atom stereocenters. The van der Waals surface area contributed by atoms with Gasteiger partial charge in [0, 0.05) is 68.0 Å². The van der Waals surface area contributed by atoms with Gasteiger partial charge < -0.3 is 20.1 Å². The fraction of sp³-hybridized carbons (Fsp3) is 0.545. The summed E-state index contributed by atoms with van der Waals surface area (Å²) in [6.45, 7) is 6.41. The maximum atomic E-state index is 14.1. The summed E-state index contributed by atoms with van der Waals surface area (Å²) in [7, 11) is -10.7. The lowest BCUT2D eigenvalue weighted by Crippen LogP contribution is -2.52. The van der Waals surface area contributed by atoms with Gasteiger partial charge >= 0.3 is 11.6 Å². The number of nitrogens with zero attached hydrogens (tertiary/aromatic N) is 6. The quantitative estimate of drug-likeness (QED) is 0.211. The van der Waals surface area contributed by atoms with Gasteiger partial charge in [0.25, 0.3) is 19.9 Å². The van der Waals surface area contributed by atoms with Gasteiger partial charge in [-0.15, -0.1) is 22.0 Å². The molecule has 296 valence electrons. The first-order valence-corrected chi connectivity index (χ1v) is 21.5. The number of fused-ring (bicyclic) bond motifs is 1. The number of halogens is 3. The van der Waals surface area contributed by atoms with Gasteiger partial charge in [0.15, 0.2) is 0 Å². The minimum absolute atomic E-state index is 0.0817. The maximum Gasteiger partial charge on any atom is 0.501 e. The topological polar surface area (TPSA) is 179 Å². The van der Waals surface area contributed by atoms with Crippen LogP contribution in [0.1, 0.15) is 32.0 Å². The number of anilines is 2. The zero-order valence-electron chi connectivity index (χ0n) is 29.5. The Labute approximate surface area is 316 Å². The van der Waals surface area contributed by atoms with Crippen LogP contribution in [0.2, 0.25) is 0 Å². The lowest BCUT2D eigenvalue weighted by atomic mass is 9.96. The Morgan fingerprint density at radius 3 is 2.46 bits per heavy atom. The molecular formula is C33H43F3N8O7S3. The Hall–Kier alpha value is -3.63. The molecule has 3 aromatic rings. The Morgan fingerprint density at radius 2 is 1.78 bits per heavy atom. The number of morpholine rings is 1. The van der Waals surface area contributed by atoms with Crippen LogP contribution in [0.3, 0.4) is 0 Å². The summed E-state index contributed by atoms with van der Waals surface area (Å²) in [4.78, 5) is 16.2. The maximum absolute atomic E-state index is 14.1. The van der Waals surface area contributed by atoms with E-state index in [1.54, 1.807) is 4.57 Å². The van der Waals surface area contributed by atoms with Gasteiger partial charge in [0.05, 0.1) is 30.3 Å². The summed E-state index contributed by atoms with van der Waals surface area (Å²) in [5.41, 5.74) is -6.07. The zero-order chi connectivity index (χ0) is 38.7. The number of sulfonamides is 1. The minimum Gasteiger partial charge on any atom is -0.465 e. The van der Waals surface area contributed by atoms with E-state index >= 15 is 0 Å². The molecule has 1 aromatic heterocycles. The van der Waals surface area contributed by atoms with Crippen LogP contribution in [-0.4, -0.2) is 133 Å². The van der Waals surface area contributed by atoms with Crippen molar-refractivity contribution in [3.8, 4) is 0 Å². The number of thioether (sulfide) groups is 1. The average molecular weight is 817 g/mol. The number of likely N-dealkylation sites (tertiary alicyclic amines) is 1. The lowest BCUT2D eigenvalue weighted by molar-refractivity contribution is -0.0435. The summed E-state index contributed by atoms with van der Waals surface area (Å²) >= 11 is 1.46. The summed E-state index contributed by atoms with van der Waals surface area (Å²) in [5.74, 6) is 0.670. The Morgan fingerprint density at radius 1 is 1.04 bits per heavy atom. The highest BCUT2D eigenvalue weighted by Gasteiger charge is 2.48. The standard InChI is InChI=1S/C33H43F3N8O7S3/c1-23-19-25(10-12-43(23)32(45)46)42-13-14-44-30(21-42)38-39-31(44)40-54(49,50)27-7-8-28(29(20-27)53(47,48)33(34,35)36)37-24(9-11-41-15-17-51-18-16-41)22-52-26-5-3-2-4-6-26/h2-8,20,23-25,37H,9-19,21-22H2,1H3,(H,39,40)(H,45,46)/t23?,24-,25?/m1/s1. The van der Waals surface area contributed by atoms with E-state index in [0.717, 1.165) is 17.0 Å². The first-order valence-electron chi connectivity index (χ1n) is 17.5. The normalized spacial score (nSPS) is 21.0. The number of aromatic nitrogens is 3. The van der Waals surface area contributed by atoms with Crippen molar-refractivity contribution in [2.24, 2.45) is 0 Å². The minimum atomic E-state index is -6.01. The predicted molar refractivity (Wildman–Crippen MR) is 195 cm³/mol. The molecule has 0 saturated carbocycles. The summed E-state index contributed by atoms with van der Waals surface area (Å²) in [5, 5.41) is 20.6. The van der Waals surface area contributed by atoms with E-state index in [9.17, 15) is 39.9 Å². The van der Waals surface area contributed by atoms with Crippen molar-refractivity contribution in [1.82, 2.24) is 29.5 Å². The highest BCUT2D eigenvalue weighted by molar-refractivity contribution is 7.99. The van der Waals surface area contributed by atoms with Crippen LogP contribution >= 0.6 is 11.8 Å². The molecule has 15 nitrogen and oxygen atoms in total.